The van der Waals surface area contributed by atoms with E-state index in [-0.39, 0.29) is 27.8 Å². The Morgan fingerprint density at radius 2 is 1.54 bits per heavy atom. The van der Waals surface area contributed by atoms with Crippen LogP contribution in [0.3, 0.4) is 0 Å². The van der Waals surface area contributed by atoms with Crippen molar-refractivity contribution in [3.05, 3.63) is 53.6 Å². The van der Waals surface area contributed by atoms with Crippen LogP contribution in [0.2, 0.25) is 0 Å². The Morgan fingerprint density at radius 3 is 2.07 bits per heavy atom. The average Bonchev–Trinajstić information content (AvgIpc) is 2.65. The molecule has 0 aromatic heterocycles. The zero-order chi connectivity index (χ0) is 20.7. The highest BCUT2D eigenvalue weighted by molar-refractivity contribution is 8.00. The standard InChI is InChI=1S/C18H17F3N2O4S/c1-3-27-14-9-6-12(10-15(14)26-2)17(25)23-22-16(24)11-4-7-13(8-5-11)28-18(19,20)21/h4-10H,3H2,1-2H3,(H,22,24)(H,23,25). The largest absolute Gasteiger partial charge is 0.493 e. The highest BCUT2D eigenvalue weighted by atomic mass is 32.2. The minimum Gasteiger partial charge on any atom is -0.493 e. The van der Waals surface area contributed by atoms with Crippen molar-refractivity contribution in [1.29, 1.82) is 0 Å². The molecule has 0 aliphatic rings. The highest BCUT2D eigenvalue weighted by Crippen LogP contribution is 2.36. The van der Waals surface area contributed by atoms with E-state index >= 15 is 0 Å². The number of carbonyl (C=O) groups is 2. The summed E-state index contributed by atoms with van der Waals surface area (Å²) in [6, 6.07) is 9.33. The van der Waals surface area contributed by atoms with Gasteiger partial charge in [-0.2, -0.15) is 13.2 Å². The molecule has 10 heteroatoms. The number of thioether (sulfide) groups is 1. The van der Waals surface area contributed by atoms with Gasteiger partial charge >= 0.3 is 5.51 Å². The molecule has 2 aromatic carbocycles. The number of hydrogen-bond donors (Lipinski definition) is 2. The second-order valence-corrected chi connectivity index (χ2v) is 6.42. The maximum atomic E-state index is 12.3. The first-order valence-electron chi connectivity index (χ1n) is 8.01. The Balaban J connectivity index is 1.97. The van der Waals surface area contributed by atoms with Crippen LogP contribution in [0.4, 0.5) is 13.2 Å². The van der Waals surface area contributed by atoms with E-state index in [1.54, 1.807) is 6.07 Å². The minimum atomic E-state index is -4.41. The molecule has 0 fully saturated rings. The lowest BCUT2D eigenvalue weighted by Gasteiger charge is -2.12. The molecular weight excluding hydrogens is 397 g/mol. The Labute approximate surface area is 163 Å². The first kappa shape index (κ1) is 21.4. The second-order valence-electron chi connectivity index (χ2n) is 5.28. The molecule has 0 aliphatic carbocycles. The lowest BCUT2D eigenvalue weighted by Crippen LogP contribution is -2.41. The van der Waals surface area contributed by atoms with Crippen molar-refractivity contribution in [3.8, 4) is 11.5 Å². The molecule has 0 bridgehead atoms. The maximum absolute atomic E-state index is 12.3. The lowest BCUT2D eigenvalue weighted by atomic mass is 10.2. The van der Waals surface area contributed by atoms with Crippen LogP contribution in [0.1, 0.15) is 27.6 Å². The summed E-state index contributed by atoms with van der Waals surface area (Å²) in [5.41, 5.74) is 0.343. The Bertz CT molecular complexity index is 842. The molecule has 0 heterocycles. The van der Waals surface area contributed by atoms with Crippen LogP contribution >= 0.6 is 11.8 Å². The molecule has 0 unspecified atom stereocenters. The summed E-state index contributed by atoms with van der Waals surface area (Å²) in [4.78, 5) is 24.2. The summed E-state index contributed by atoms with van der Waals surface area (Å²) in [7, 11) is 1.43. The van der Waals surface area contributed by atoms with Crippen LogP contribution in [-0.4, -0.2) is 31.0 Å². The molecule has 0 spiro atoms. The number of hydrogen-bond acceptors (Lipinski definition) is 5. The molecule has 0 atom stereocenters. The first-order valence-corrected chi connectivity index (χ1v) is 8.82. The predicted molar refractivity (Wildman–Crippen MR) is 97.4 cm³/mol. The fourth-order valence-electron chi connectivity index (χ4n) is 2.15. The fourth-order valence-corrected chi connectivity index (χ4v) is 2.69. The topological polar surface area (TPSA) is 76.7 Å². The third-order valence-electron chi connectivity index (χ3n) is 3.37. The SMILES string of the molecule is CCOc1ccc(C(=O)NNC(=O)c2ccc(SC(F)(F)F)cc2)cc1OC. The van der Waals surface area contributed by atoms with Crippen LogP contribution in [0.15, 0.2) is 47.4 Å². The highest BCUT2D eigenvalue weighted by Gasteiger charge is 2.29. The van der Waals surface area contributed by atoms with Crippen molar-refractivity contribution in [2.45, 2.75) is 17.3 Å². The molecule has 150 valence electrons. The number of rotatable bonds is 6. The van der Waals surface area contributed by atoms with Crippen LogP contribution < -0.4 is 20.3 Å². The number of nitrogens with one attached hydrogen (secondary N) is 2. The van der Waals surface area contributed by atoms with Gasteiger partial charge in [0.05, 0.1) is 13.7 Å². The lowest BCUT2D eigenvalue weighted by molar-refractivity contribution is -0.0328. The van der Waals surface area contributed by atoms with E-state index in [4.69, 9.17) is 9.47 Å². The van der Waals surface area contributed by atoms with E-state index in [0.29, 0.717) is 18.1 Å². The third kappa shape index (κ3) is 6.08. The summed E-state index contributed by atoms with van der Waals surface area (Å²) >= 11 is -0.279. The van der Waals surface area contributed by atoms with Crippen molar-refractivity contribution < 1.29 is 32.2 Å². The van der Waals surface area contributed by atoms with Crippen LogP contribution in [0.25, 0.3) is 0 Å². The van der Waals surface area contributed by atoms with Gasteiger partial charge in [-0.25, -0.2) is 0 Å². The minimum absolute atomic E-state index is 0.0467. The van der Waals surface area contributed by atoms with Gasteiger partial charge in [0, 0.05) is 16.0 Å². The van der Waals surface area contributed by atoms with Crippen molar-refractivity contribution >= 4 is 23.6 Å². The third-order valence-corrected chi connectivity index (χ3v) is 4.10. The van der Waals surface area contributed by atoms with E-state index in [2.05, 4.69) is 10.9 Å². The van der Waals surface area contributed by atoms with E-state index in [9.17, 15) is 22.8 Å². The van der Waals surface area contributed by atoms with Gasteiger partial charge in [0.25, 0.3) is 11.8 Å². The molecule has 0 aliphatic heterocycles. The van der Waals surface area contributed by atoms with Gasteiger partial charge in [-0.05, 0) is 61.2 Å². The monoisotopic (exact) mass is 414 g/mol. The Morgan fingerprint density at radius 1 is 0.964 bits per heavy atom. The summed E-state index contributed by atoms with van der Waals surface area (Å²) in [6.45, 7) is 2.24. The molecule has 2 amide bonds. The van der Waals surface area contributed by atoms with Gasteiger partial charge in [0.15, 0.2) is 11.5 Å². The van der Waals surface area contributed by atoms with Crippen LogP contribution in [-0.2, 0) is 0 Å². The fraction of sp³-hybridized carbons (Fsp3) is 0.222. The van der Waals surface area contributed by atoms with Gasteiger partial charge in [-0.1, -0.05) is 0 Å². The van der Waals surface area contributed by atoms with Gasteiger partial charge in [0.2, 0.25) is 0 Å². The Kier molecular flexibility index (Phi) is 7.16. The molecule has 0 saturated carbocycles. The molecule has 6 nitrogen and oxygen atoms in total. The number of benzene rings is 2. The number of carbonyl (C=O) groups excluding carboxylic acids is 2. The van der Waals surface area contributed by atoms with Crippen LogP contribution in [0.5, 0.6) is 11.5 Å². The number of halogens is 3. The van der Waals surface area contributed by atoms with E-state index in [0.717, 1.165) is 0 Å². The summed E-state index contributed by atoms with van der Waals surface area (Å²) in [5.74, 6) is -0.435. The van der Waals surface area contributed by atoms with E-state index in [1.165, 1.54) is 43.5 Å². The second kappa shape index (κ2) is 9.36. The summed E-state index contributed by atoms with van der Waals surface area (Å²) in [6.07, 6.45) is 0. The molecule has 0 saturated heterocycles. The Hall–Kier alpha value is -2.88. The molecule has 2 aromatic rings. The normalized spacial score (nSPS) is 10.9. The van der Waals surface area contributed by atoms with E-state index in [1.807, 2.05) is 6.92 Å². The average molecular weight is 414 g/mol. The summed E-state index contributed by atoms with van der Waals surface area (Å²) in [5, 5.41) is 0. The summed E-state index contributed by atoms with van der Waals surface area (Å²) < 4.78 is 47.5. The number of methoxy groups -OCH3 is 1. The first-order chi connectivity index (χ1) is 13.2. The smallest absolute Gasteiger partial charge is 0.446 e. The van der Waals surface area contributed by atoms with Crippen molar-refractivity contribution in [2.75, 3.05) is 13.7 Å². The molecule has 28 heavy (non-hydrogen) atoms. The van der Waals surface area contributed by atoms with Gasteiger partial charge in [-0.3, -0.25) is 20.4 Å². The molecule has 0 radical (unpaired) electrons. The zero-order valence-electron chi connectivity index (χ0n) is 14.9. The van der Waals surface area contributed by atoms with E-state index < -0.39 is 17.3 Å². The molecular formula is C18H17F3N2O4S. The number of ether oxygens (including phenoxy) is 2. The van der Waals surface area contributed by atoms with Crippen molar-refractivity contribution in [2.24, 2.45) is 0 Å². The number of amides is 2. The van der Waals surface area contributed by atoms with Crippen LogP contribution in [0, 0.1) is 0 Å². The molecule has 2 N–H and O–H groups in total. The molecule has 2 rings (SSSR count). The predicted octanol–water partition coefficient (Wildman–Crippen LogP) is 3.78. The van der Waals surface area contributed by atoms with Crippen molar-refractivity contribution in [1.82, 2.24) is 10.9 Å². The zero-order valence-corrected chi connectivity index (χ0v) is 15.7. The maximum Gasteiger partial charge on any atom is 0.446 e. The van der Waals surface area contributed by atoms with Crippen molar-refractivity contribution in [3.63, 3.8) is 0 Å². The number of hydrazine groups is 1. The number of alkyl halides is 3. The quantitative estimate of drug-likeness (QED) is 0.556. The van der Waals surface area contributed by atoms with Gasteiger partial charge < -0.3 is 9.47 Å². The van der Waals surface area contributed by atoms with Gasteiger partial charge in [-0.15, -0.1) is 0 Å². The van der Waals surface area contributed by atoms with Gasteiger partial charge in [0.1, 0.15) is 0 Å².